The van der Waals surface area contributed by atoms with Gasteiger partial charge in [-0.3, -0.25) is 9.48 Å². The zero-order valence-electron chi connectivity index (χ0n) is 14.5. The second kappa shape index (κ2) is 5.46. The van der Waals surface area contributed by atoms with E-state index in [0.29, 0.717) is 5.69 Å². The van der Waals surface area contributed by atoms with E-state index >= 15 is 0 Å². The fourth-order valence-corrected chi connectivity index (χ4v) is 4.00. The Bertz CT molecular complexity index is 1000. The van der Waals surface area contributed by atoms with Gasteiger partial charge in [0.1, 0.15) is 11.4 Å². The lowest BCUT2D eigenvalue weighted by molar-refractivity contribution is -0.0150. The van der Waals surface area contributed by atoms with Crippen LogP contribution in [0.3, 0.4) is 0 Å². The van der Waals surface area contributed by atoms with Crippen molar-refractivity contribution in [3.63, 3.8) is 0 Å². The lowest BCUT2D eigenvalue weighted by atomic mass is 9.71. The lowest BCUT2D eigenvalue weighted by Gasteiger charge is -2.45. The van der Waals surface area contributed by atoms with Gasteiger partial charge in [0, 0.05) is 18.3 Å². The fourth-order valence-electron chi connectivity index (χ4n) is 4.00. The van der Waals surface area contributed by atoms with Crippen molar-refractivity contribution in [3.8, 4) is 17.0 Å². The Hall–Kier alpha value is -3.08. The number of amides is 1. The van der Waals surface area contributed by atoms with E-state index in [4.69, 9.17) is 4.74 Å². The highest BCUT2D eigenvalue weighted by atomic mass is 16.5. The number of para-hydroxylation sites is 2. The molecule has 2 heterocycles. The monoisotopic (exact) mass is 345 g/mol. The molecule has 1 fully saturated rings. The van der Waals surface area contributed by atoms with Gasteiger partial charge < -0.3 is 10.1 Å². The summed E-state index contributed by atoms with van der Waals surface area (Å²) in [7, 11) is 1.90. The number of aryl methyl sites for hydroxylation is 1. The normalized spacial score (nSPS) is 16.2. The summed E-state index contributed by atoms with van der Waals surface area (Å²) in [4.78, 5) is 13.0. The molecule has 26 heavy (non-hydrogen) atoms. The summed E-state index contributed by atoms with van der Waals surface area (Å²) in [5.74, 6) is 0.681. The highest BCUT2D eigenvalue weighted by molar-refractivity contribution is 6.05. The zero-order valence-corrected chi connectivity index (χ0v) is 14.5. The number of hydrogen-bond acceptors (Lipinski definition) is 3. The van der Waals surface area contributed by atoms with Crippen molar-refractivity contribution in [1.29, 1.82) is 0 Å². The molecule has 2 aliphatic rings. The number of nitrogens with zero attached hydrogens (tertiary/aromatic N) is 2. The van der Waals surface area contributed by atoms with E-state index in [1.54, 1.807) is 0 Å². The Kier molecular flexibility index (Phi) is 3.19. The molecule has 1 aliphatic heterocycles. The van der Waals surface area contributed by atoms with Gasteiger partial charge in [-0.15, -0.1) is 0 Å². The number of fused-ring (bicyclic) bond motifs is 4. The smallest absolute Gasteiger partial charge is 0.276 e. The summed E-state index contributed by atoms with van der Waals surface area (Å²) >= 11 is 0. The second-order valence-corrected chi connectivity index (χ2v) is 6.96. The van der Waals surface area contributed by atoms with Crippen molar-refractivity contribution < 1.29 is 9.53 Å². The largest absolute Gasteiger partial charge is 0.482 e. The summed E-state index contributed by atoms with van der Waals surface area (Å²) in [6.45, 7) is 0. The molecule has 130 valence electrons. The van der Waals surface area contributed by atoms with Crippen LogP contribution in [0.25, 0.3) is 11.3 Å². The van der Waals surface area contributed by atoms with E-state index in [9.17, 15) is 4.79 Å². The lowest BCUT2D eigenvalue weighted by Crippen LogP contribution is -2.43. The molecule has 5 heteroatoms. The molecule has 3 aromatic rings. The van der Waals surface area contributed by atoms with Gasteiger partial charge in [0.15, 0.2) is 5.69 Å². The Balaban J connectivity index is 1.65. The number of carbonyl (C=O) groups is 1. The van der Waals surface area contributed by atoms with E-state index in [-0.39, 0.29) is 5.91 Å². The summed E-state index contributed by atoms with van der Waals surface area (Å²) < 4.78 is 8.22. The number of ether oxygens (including phenoxy) is 1. The van der Waals surface area contributed by atoms with Crippen LogP contribution in [0.5, 0.6) is 5.75 Å². The first kappa shape index (κ1) is 15.2. The Morgan fingerprint density at radius 2 is 1.85 bits per heavy atom. The SMILES string of the molecule is Cn1nc(C(=O)Nc2ccccc2)c2c1-c1ccccc1OC21CCC1. The average Bonchev–Trinajstić information content (AvgIpc) is 2.99. The van der Waals surface area contributed by atoms with Gasteiger partial charge in [0.05, 0.1) is 11.3 Å². The molecule has 2 aromatic carbocycles. The first-order valence-electron chi connectivity index (χ1n) is 8.90. The minimum atomic E-state index is -0.429. The summed E-state index contributed by atoms with van der Waals surface area (Å²) in [6.07, 6.45) is 2.91. The number of benzene rings is 2. The molecular formula is C21H19N3O2. The molecule has 0 radical (unpaired) electrons. The molecule has 1 amide bonds. The summed E-state index contributed by atoms with van der Waals surface area (Å²) in [5.41, 5.74) is 3.70. The number of hydrogen-bond donors (Lipinski definition) is 1. The predicted octanol–water partition coefficient (Wildman–Crippen LogP) is 4.11. The van der Waals surface area contributed by atoms with E-state index in [1.807, 2.05) is 66.3 Å². The Labute approximate surface area is 151 Å². The quantitative estimate of drug-likeness (QED) is 0.760. The second-order valence-electron chi connectivity index (χ2n) is 6.96. The summed E-state index contributed by atoms with van der Waals surface area (Å²) in [5, 5.41) is 7.55. The van der Waals surface area contributed by atoms with Crippen molar-refractivity contribution in [1.82, 2.24) is 9.78 Å². The van der Waals surface area contributed by atoms with Gasteiger partial charge in [-0.25, -0.2) is 0 Å². The van der Waals surface area contributed by atoms with Crippen molar-refractivity contribution in [2.45, 2.75) is 24.9 Å². The highest BCUT2D eigenvalue weighted by Crippen LogP contribution is 2.54. The van der Waals surface area contributed by atoms with Crippen molar-refractivity contribution in [2.24, 2.45) is 7.05 Å². The average molecular weight is 345 g/mol. The third kappa shape index (κ3) is 2.10. The van der Waals surface area contributed by atoms with Crippen LogP contribution in [0.1, 0.15) is 35.3 Å². The van der Waals surface area contributed by atoms with Crippen LogP contribution in [0.4, 0.5) is 5.69 Å². The molecular weight excluding hydrogens is 326 g/mol. The minimum Gasteiger partial charge on any atom is -0.482 e. The van der Waals surface area contributed by atoms with E-state index in [0.717, 1.165) is 47.5 Å². The van der Waals surface area contributed by atoms with Crippen LogP contribution in [0.2, 0.25) is 0 Å². The Morgan fingerprint density at radius 3 is 2.58 bits per heavy atom. The van der Waals surface area contributed by atoms with E-state index in [2.05, 4.69) is 10.4 Å². The van der Waals surface area contributed by atoms with Gasteiger partial charge in [-0.05, 0) is 43.5 Å². The van der Waals surface area contributed by atoms with Gasteiger partial charge >= 0.3 is 0 Å². The molecule has 1 N–H and O–H groups in total. The molecule has 5 nitrogen and oxygen atoms in total. The van der Waals surface area contributed by atoms with Crippen LogP contribution < -0.4 is 10.1 Å². The van der Waals surface area contributed by atoms with Crippen LogP contribution in [-0.4, -0.2) is 15.7 Å². The van der Waals surface area contributed by atoms with Crippen molar-refractivity contribution in [3.05, 3.63) is 65.9 Å². The first-order chi connectivity index (χ1) is 12.7. The fraction of sp³-hybridized carbons (Fsp3) is 0.238. The van der Waals surface area contributed by atoms with Crippen LogP contribution in [-0.2, 0) is 12.6 Å². The number of nitrogens with one attached hydrogen (secondary N) is 1. The standard InChI is InChI=1S/C21H19N3O2/c1-24-19-15-10-5-6-11-16(15)26-21(12-7-13-21)17(19)18(23-24)20(25)22-14-8-3-2-4-9-14/h2-6,8-11H,7,12-13H2,1H3,(H,22,25). The van der Waals surface area contributed by atoms with Gasteiger partial charge in [-0.2, -0.15) is 5.10 Å². The van der Waals surface area contributed by atoms with Gasteiger partial charge in [-0.1, -0.05) is 30.3 Å². The van der Waals surface area contributed by atoms with E-state index in [1.165, 1.54) is 0 Å². The topological polar surface area (TPSA) is 56.2 Å². The van der Waals surface area contributed by atoms with Crippen LogP contribution in [0, 0.1) is 0 Å². The third-order valence-electron chi connectivity index (χ3n) is 5.36. The zero-order chi connectivity index (χ0) is 17.7. The third-order valence-corrected chi connectivity index (χ3v) is 5.36. The maximum atomic E-state index is 13.0. The molecule has 0 bridgehead atoms. The molecule has 0 saturated heterocycles. The van der Waals surface area contributed by atoms with Gasteiger partial charge in [0.2, 0.25) is 0 Å². The highest BCUT2D eigenvalue weighted by Gasteiger charge is 2.50. The molecule has 0 atom stereocenters. The first-order valence-corrected chi connectivity index (χ1v) is 8.90. The molecule has 1 aliphatic carbocycles. The summed E-state index contributed by atoms with van der Waals surface area (Å²) in [6, 6.07) is 17.5. The van der Waals surface area contributed by atoms with Gasteiger partial charge in [0.25, 0.3) is 5.91 Å². The number of carbonyl (C=O) groups excluding carboxylic acids is 1. The Morgan fingerprint density at radius 1 is 1.12 bits per heavy atom. The maximum Gasteiger partial charge on any atom is 0.276 e. The predicted molar refractivity (Wildman–Crippen MR) is 99.2 cm³/mol. The van der Waals surface area contributed by atoms with Crippen molar-refractivity contribution >= 4 is 11.6 Å². The maximum absolute atomic E-state index is 13.0. The van der Waals surface area contributed by atoms with Crippen molar-refractivity contribution in [2.75, 3.05) is 5.32 Å². The number of anilines is 1. The minimum absolute atomic E-state index is 0.192. The van der Waals surface area contributed by atoms with Crippen LogP contribution in [0.15, 0.2) is 54.6 Å². The number of rotatable bonds is 2. The van der Waals surface area contributed by atoms with E-state index < -0.39 is 5.60 Å². The molecule has 1 spiro atoms. The molecule has 1 saturated carbocycles. The molecule has 1 aromatic heterocycles. The molecule has 0 unspecified atom stereocenters. The molecule has 5 rings (SSSR count). The van der Waals surface area contributed by atoms with Crippen LogP contribution >= 0.6 is 0 Å². The number of aromatic nitrogens is 2.